The van der Waals surface area contributed by atoms with Gasteiger partial charge in [0.25, 0.3) is 5.91 Å². The van der Waals surface area contributed by atoms with E-state index in [4.69, 9.17) is 4.74 Å². The smallest absolute Gasteiger partial charge is 0.343 e. The van der Waals surface area contributed by atoms with Gasteiger partial charge in [-0.3, -0.25) is 9.59 Å². The summed E-state index contributed by atoms with van der Waals surface area (Å²) in [6.45, 7) is 1.02. The molecule has 2 aromatic rings. The van der Waals surface area contributed by atoms with E-state index in [-0.39, 0.29) is 29.6 Å². The normalized spacial score (nSPS) is 14.0. The van der Waals surface area contributed by atoms with Gasteiger partial charge in [-0.05, 0) is 17.7 Å². The molecule has 1 aromatic carbocycles. The van der Waals surface area contributed by atoms with Crippen LogP contribution in [0.2, 0.25) is 0 Å². The number of ether oxygens (including phenoxy) is 2. The number of hydrogen-bond acceptors (Lipinski definition) is 5. The van der Waals surface area contributed by atoms with Crippen molar-refractivity contribution < 1.29 is 23.5 Å². The Bertz CT molecular complexity index is 917. The van der Waals surface area contributed by atoms with E-state index in [1.807, 2.05) is 0 Å². The second kappa shape index (κ2) is 7.71. The van der Waals surface area contributed by atoms with Crippen LogP contribution in [0.25, 0.3) is 0 Å². The summed E-state index contributed by atoms with van der Waals surface area (Å²) in [7, 11) is 2.72. The fourth-order valence-electron chi connectivity index (χ4n) is 2.85. The van der Waals surface area contributed by atoms with Crippen molar-refractivity contribution in [2.24, 2.45) is 0 Å². The monoisotopic (exact) mass is 374 g/mol. The lowest BCUT2D eigenvalue weighted by Gasteiger charge is -2.38. The number of halogens is 1. The lowest BCUT2D eigenvalue weighted by molar-refractivity contribution is -0.0193. The maximum atomic E-state index is 13.1. The fraction of sp³-hybridized carbons (Fsp3) is 0.316. The number of aromatic nitrogens is 1. The Morgan fingerprint density at radius 2 is 1.74 bits per heavy atom. The van der Waals surface area contributed by atoms with E-state index in [9.17, 15) is 18.8 Å². The van der Waals surface area contributed by atoms with Gasteiger partial charge in [-0.25, -0.2) is 9.18 Å². The minimum Gasteiger partial charge on any atom is -0.465 e. The number of carbonyl (C=O) groups is 2. The summed E-state index contributed by atoms with van der Waals surface area (Å²) in [5.74, 6) is -1.65. The summed E-state index contributed by atoms with van der Waals surface area (Å²) in [5.41, 5.74) is -0.274. The first-order valence-electron chi connectivity index (χ1n) is 8.32. The lowest BCUT2D eigenvalue weighted by Crippen LogP contribution is -2.55. The average Bonchev–Trinajstić information content (AvgIpc) is 2.63. The Balaban J connectivity index is 1.96. The van der Waals surface area contributed by atoms with Crippen LogP contribution < -0.4 is 5.43 Å². The molecule has 0 radical (unpaired) electrons. The molecule has 7 nitrogen and oxygen atoms in total. The number of methoxy groups -OCH3 is 2. The highest BCUT2D eigenvalue weighted by Crippen LogP contribution is 2.15. The van der Waals surface area contributed by atoms with E-state index < -0.39 is 17.3 Å². The first-order valence-corrected chi connectivity index (χ1v) is 8.32. The van der Waals surface area contributed by atoms with Crippen molar-refractivity contribution >= 4 is 11.9 Å². The van der Waals surface area contributed by atoms with Crippen LogP contribution in [0.15, 0.2) is 41.5 Å². The van der Waals surface area contributed by atoms with Gasteiger partial charge in [0, 0.05) is 39.1 Å². The van der Waals surface area contributed by atoms with Gasteiger partial charge in [-0.2, -0.15) is 0 Å². The summed E-state index contributed by atoms with van der Waals surface area (Å²) < 4.78 is 24.4. The van der Waals surface area contributed by atoms with Crippen molar-refractivity contribution in [2.75, 3.05) is 27.3 Å². The van der Waals surface area contributed by atoms with Crippen molar-refractivity contribution in [1.82, 2.24) is 9.47 Å². The van der Waals surface area contributed by atoms with Gasteiger partial charge in [0.05, 0.1) is 13.2 Å². The summed E-state index contributed by atoms with van der Waals surface area (Å²) in [6, 6.07) is 5.81. The molecule has 1 aromatic heterocycles. The van der Waals surface area contributed by atoms with Crippen LogP contribution >= 0.6 is 0 Å². The predicted octanol–water partition coefficient (Wildman–Crippen LogP) is 1.29. The molecule has 0 atom stereocenters. The molecule has 1 aliphatic heterocycles. The quantitative estimate of drug-likeness (QED) is 0.737. The largest absolute Gasteiger partial charge is 0.465 e. The van der Waals surface area contributed by atoms with Crippen LogP contribution in [-0.4, -0.2) is 54.8 Å². The molecule has 0 aliphatic carbocycles. The van der Waals surface area contributed by atoms with E-state index in [1.54, 1.807) is 23.8 Å². The maximum absolute atomic E-state index is 13.1. The molecule has 1 saturated heterocycles. The van der Waals surface area contributed by atoms with Gasteiger partial charge in [-0.15, -0.1) is 0 Å². The Morgan fingerprint density at radius 1 is 1.11 bits per heavy atom. The summed E-state index contributed by atoms with van der Waals surface area (Å²) in [4.78, 5) is 38.8. The number of esters is 1. The number of nitrogens with zero attached hydrogens (tertiary/aromatic N) is 2. The van der Waals surface area contributed by atoms with E-state index in [0.29, 0.717) is 13.1 Å². The Labute approximate surface area is 154 Å². The first kappa shape index (κ1) is 18.8. The van der Waals surface area contributed by atoms with Gasteiger partial charge in [-0.1, -0.05) is 12.1 Å². The van der Waals surface area contributed by atoms with Crippen LogP contribution in [0.1, 0.15) is 26.3 Å². The minimum absolute atomic E-state index is 0.0563. The predicted molar refractivity (Wildman–Crippen MR) is 94.2 cm³/mol. The number of rotatable bonds is 5. The maximum Gasteiger partial charge on any atom is 0.343 e. The van der Waals surface area contributed by atoms with Crippen molar-refractivity contribution in [3.8, 4) is 0 Å². The summed E-state index contributed by atoms with van der Waals surface area (Å²) in [5, 5.41) is 0. The van der Waals surface area contributed by atoms with Gasteiger partial charge < -0.3 is 18.9 Å². The highest BCUT2D eigenvalue weighted by atomic mass is 19.1. The van der Waals surface area contributed by atoms with Crippen LogP contribution in [0.5, 0.6) is 0 Å². The van der Waals surface area contributed by atoms with Gasteiger partial charge in [0.15, 0.2) is 0 Å². The topological polar surface area (TPSA) is 77.8 Å². The van der Waals surface area contributed by atoms with Gasteiger partial charge in [0.2, 0.25) is 5.43 Å². The summed E-state index contributed by atoms with van der Waals surface area (Å²) >= 11 is 0. The third-order valence-corrected chi connectivity index (χ3v) is 4.46. The molecule has 1 amide bonds. The number of pyridine rings is 1. The second-order valence-corrected chi connectivity index (χ2v) is 6.27. The molecule has 0 spiro atoms. The zero-order valence-corrected chi connectivity index (χ0v) is 15.0. The number of hydrogen-bond donors (Lipinski definition) is 0. The number of benzene rings is 1. The highest BCUT2D eigenvalue weighted by Gasteiger charge is 2.33. The zero-order chi connectivity index (χ0) is 19.6. The molecular weight excluding hydrogens is 355 g/mol. The number of carbonyl (C=O) groups excluding carboxylic acids is 2. The van der Waals surface area contributed by atoms with Crippen LogP contribution in [0.3, 0.4) is 0 Å². The fourth-order valence-corrected chi connectivity index (χ4v) is 2.85. The molecular formula is C19H19FN2O5. The standard InChI is InChI=1S/C19H19FN2O5/c1-26-14-8-22(9-14)18(24)15-10-21(7-12-3-5-13(20)6-4-12)11-16(17(15)23)19(25)27-2/h3-6,10-11,14H,7-9H2,1-2H3. The molecule has 1 fully saturated rings. The van der Waals surface area contributed by atoms with Crippen molar-refractivity contribution in [1.29, 1.82) is 0 Å². The van der Waals surface area contributed by atoms with Crippen molar-refractivity contribution in [2.45, 2.75) is 12.6 Å². The molecule has 1 aliphatic rings. The van der Waals surface area contributed by atoms with Gasteiger partial charge in [0.1, 0.15) is 16.9 Å². The first-order chi connectivity index (χ1) is 12.9. The number of amides is 1. The molecule has 0 unspecified atom stereocenters. The molecule has 3 rings (SSSR count). The van der Waals surface area contributed by atoms with Crippen LogP contribution in [0.4, 0.5) is 4.39 Å². The molecule has 0 N–H and O–H groups in total. The molecule has 8 heteroatoms. The molecule has 0 saturated carbocycles. The van der Waals surface area contributed by atoms with Crippen LogP contribution in [-0.2, 0) is 16.0 Å². The molecule has 27 heavy (non-hydrogen) atoms. The second-order valence-electron chi connectivity index (χ2n) is 6.27. The van der Waals surface area contributed by atoms with E-state index in [0.717, 1.165) is 5.56 Å². The number of likely N-dealkylation sites (tertiary alicyclic amines) is 1. The highest BCUT2D eigenvalue weighted by molar-refractivity contribution is 5.97. The molecule has 0 bridgehead atoms. The van der Waals surface area contributed by atoms with Crippen molar-refractivity contribution in [3.05, 3.63) is 69.4 Å². The zero-order valence-electron chi connectivity index (χ0n) is 15.0. The summed E-state index contributed by atoms with van der Waals surface area (Å²) in [6.07, 6.45) is 2.68. The molecule has 142 valence electrons. The van der Waals surface area contributed by atoms with Gasteiger partial charge >= 0.3 is 5.97 Å². The van der Waals surface area contributed by atoms with E-state index in [2.05, 4.69) is 4.74 Å². The molecule has 2 heterocycles. The minimum atomic E-state index is -0.819. The van der Waals surface area contributed by atoms with Crippen LogP contribution in [0, 0.1) is 5.82 Å². The Kier molecular flexibility index (Phi) is 5.36. The van der Waals surface area contributed by atoms with E-state index >= 15 is 0 Å². The average molecular weight is 374 g/mol. The third-order valence-electron chi connectivity index (χ3n) is 4.46. The Morgan fingerprint density at radius 3 is 2.33 bits per heavy atom. The lowest BCUT2D eigenvalue weighted by atomic mass is 10.1. The van der Waals surface area contributed by atoms with E-state index in [1.165, 1.54) is 36.5 Å². The third kappa shape index (κ3) is 3.90. The van der Waals surface area contributed by atoms with Crippen molar-refractivity contribution in [3.63, 3.8) is 0 Å². The Hall–Kier alpha value is -3.00. The SMILES string of the molecule is COC(=O)c1cn(Cc2ccc(F)cc2)cc(C(=O)N2CC(OC)C2)c1=O.